The van der Waals surface area contributed by atoms with Crippen LogP contribution in [-0.2, 0) is 9.53 Å². The van der Waals surface area contributed by atoms with Crippen LogP contribution in [0.25, 0.3) is 6.08 Å². The number of carbonyl (C=O) groups excluding carboxylic acids is 1. The largest absolute Gasteiger partial charge is 0.466 e. The lowest BCUT2D eigenvalue weighted by Gasteiger charge is -1.97. The fourth-order valence-corrected chi connectivity index (χ4v) is 1.05. The molecular weight excluding hydrogens is 192 g/mol. The van der Waals surface area contributed by atoms with Crippen LogP contribution < -0.4 is 5.73 Å². The highest BCUT2D eigenvalue weighted by Crippen LogP contribution is 2.05. The van der Waals surface area contributed by atoms with Crippen molar-refractivity contribution in [3.05, 3.63) is 30.1 Å². The van der Waals surface area contributed by atoms with E-state index in [0.29, 0.717) is 12.3 Å². The van der Waals surface area contributed by atoms with Crippen molar-refractivity contribution in [2.45, 2.75) is 13.3 Å². The van der Waals surface area contributed by atoms with Gasteiger partial charge in [-0.2, -0.15) is 0 Å². The van der Waals surface area contributed by atoms with Gasteiger partial charge in [0, 0.05) is 11.9 Å². The molecule has 2 N–H and O–H groups in total. The predicted molar refractivity (Wildman–Crippen MR) is 58.9 cm³/mol. The molecule has 0 aromatic carbocycles. The molecule has 4 nitrogen and oxygen atoms in total. The van der Waals surface area contributed by atoms with Crippen LogP contribution >= 0.6 is 0 Å². The number of carbonyl (C=O) groups is 1. The monoisotopic (exact) mass is 206 g/mol. The molecule has 0 unspecified atom stereocenters. The van der Waals surface area contributed by atoms with Crippen molar-refractivity contribution in [2.24, 2.45) is 0 Å². The van der Waals surface area contributed by atoms with Gasteiger partial charge in [0.2, 0.25) is 0 Å². The van der Waals surface area contributed by atoms with Crippen molar-refractivity contribution < 1.29 is 9.53 Å². The van der Waals surface area contributed by atoms with E-state index < -0.39 is 0 Å². The minimum Gasteiger partial charge on any atom is -0.466 e. The topological polar surface area (TPSA) is 65.2 Å². The second kappa shape index (κ2) is 5.80. The fourth-order valence-electron chi connectivity index (χ4n) is 1.05. The third kappa shape index (κ3) is 4.26. The Hall–Kier alpha value is -1.84. The van der Waals surface area contributed by atoms with E-state index >= 15 is 0 Å². The average molecular weight is 206 g/mol. The summed E-state index contributed by atoms with van der Waals surface area (Å²) in [7, 11) is 0. The quantitative estimate of drug-likeness (QED) is 0.760. The Morgan fingerprint density at radius 1 is 1.67 bits per heavy atom. The number of rotatable bonds is 4. The van der Waals surface area contributed by atoms with Crippen molar-refractivity contribution in [1.82, 2.24) is 4.98 Å². The molecule has 0 bridgehead atoms. The summed E-state index contributed by atoms with van der Waals surface area (Å²) in [6.45, 7) is 2.18. The van der Waals surface area contributed by atoms with Crippen molar-refractivity contribution in [3.63, 3.8) is 0 Å². The zero-order valence-corrected chi connectivity index (χ0v) is 8.64. The fraction of sp³-hybridized carbons (Fsp3) is 0.273. The first-order valence-electron chi connectivity index (χ1n) is 4.76. The minimum atomic E-state index is -0.238. The van der Waals surface area contributed by atoms with Crippen LogP contribution in [0.3, 0.4) is 0 Å². The maximum absolute atomic E-state index is 11.0. The van der Waals surface area contributed by atoms with E-state index in [4.69, 9.17) is 10.5 Å². The summed E-state index contributed by atoms with van der Waals surface area (Å²) in [6, 6.07) is 3.45. The molecule has 1 aromatic heterocycles. The van der Waals surface area contributed by atoms with Gasteiger partial charge >= 0.3 is 5.97 Å². The molecule has 0 aliphatic heterocycles. The molecule has 1 rings (SSSR count). The number of anilines is 1. The summed E-state index contributed by atoms with van der Waals surface area (Å²) < 4.78 is 4.77. The Morgan fingerprint density at radius 2 is 2.47 bits per heavy atom. The summed E-state index contributed by atoms with van der Waals surface area (Å²) in [4.78, 5) is 15.0. The Bertz CT molecular complexity index is 361. The number of hydrogen-bond acceptors (Lipinski definition) is 4. The number of nitrogens with two attached hydrogens (primary N) is 1. The van der Waals surface area contributed by atoms with Gasteiger partial charge in [-0.15, -0.1) is 0 Å². The number of ether oxygens (including phenoxy) is 1. The number of pyridine rings is 1. The third-order valence-electron chi connectivity index (χ3n) is 1.68. The lowest BCUT2D eigenvalue weighted by Crippen LogP contribution is -2.01. The number of hydrogen-bond donors (Lipinski definition) is 1. The van der Waals surface area contributed by atoms with Gasteiger partial charge in [-0.1, -0.05) is 6.08 Å². The van der Waals surface area contributed by atoms with Crippen LogP contribution in [0.5, 0.6) is 0 Å². The first kappa shape index (κ1) is 11.2. The number of nitrogen functional groups attached to an aromatic ring is 1. The molecule has 0 amide bonds. The highest BCUT2D eigenvalue weighted by atomic mass is 16.5. The summed E-state index contributed by atoms with van der Waals surface area (Å²) >= 11 is 0. The molecular formula is C11H14N2O2. The predicted octanol–water partition coefficient (Wildman–Crippen LogP) is 1.63. The van der Waals surface area contributed by atoms with Crippen molar-refractivity contribution in [3.8, 4) is 0 Å². The molecule has 0 fully saturated rings. The normalized spacial score (nSPS) is 10.5. The molecule has 0 radical (unpaired) electrons. The maximum atomic E-state index is 11.0. The van der Waals surface area contributed by atoms with E-state index in [1.165, 1.54) is 0 Å². The average Bonchev–Trinajstić information content (AvgIpc) is 2.18. The molecule has 80 valence electrons. The van der Waals surface area contributed by atoms with Crippen molar-refractivity contribution in [1.29, 1.82) is 0 Å². The summed E-state index contributed by atoms with van der Waals surface area (Å²) in [5.41, 5.74) is 6.96. The highest BCUT2D eigenvalue weighted by molar-refractivity contribution is 5.72. The Labute approximate surface area is 88.8 Å². The summed E-state index contributed by atoms with van der Waals surface area (Å²) in [5.74, 6) is -0.238. The molecule has 0 atom stereocenters. The zero-order valence-electron chi connectivity index (χ0n) is 8.64. The molecule has 0 saturated carbocycles. The molecule has 1 aromatic rings. The van der Waals surface area contributed by atoms with Gasteiger partial charge < -0.3 is 10.5 Å². The lowest BCUT2D eigenvalue weighted by molar-refractivity contribution is -0.142. The first-order valence-corrected chi connectivity index (χ1v) is 4.76. The Balaban J connectivity index is 2.48. The van der Waals surface area contributed by atoms with Gasteiger partial charge in [0.25, 0.3) is 0 Å². The Morgan fingerprint density at radius 3 is 3.13 bits per heavy atom. The molecule has 4 heteroatoms. The van der Waals surface area contributed by atoms with E-state index in [1.54, 1.807) is 37.4 Å². The van der Waals surface area contributed by atoms with E-state index in [2.05, 4.69) is 4.98 Å². The zero-order chi connectivity index (χ0) is 11.1. The highest BCUT2D eigenvalue weighted by Gasteiger charge is 1.96. The first-order chi connectivity index (χ1) is 7.22. The smallest absolute Gasteiger partial charge is 0.309 e. The van der Waals surface area contributed by atoms with E-state index in [9.17, 15) is 4.79 Å². The van der Waals surface area contributed by atoms with E-state index in [-0.39, 0.29) is 12.4 Å². The molecule has 0 aliphatic rings. The van der Waals surface area contributed by atoms with Crippen LogP contribution in [0, 0.1) is 0 Å². The SMILES string of the molecule is CCOC(=O)CC=Cc1cc(N)ccn1. The van der Waals surface area contributed by atoms with Crippen molar-refractivity contribution in [2.75, 3.05) is 12.3 Å². The third-order valence-corrected chi connectivity index (χ3v) is 1.68. The summed E-state index contributed by atoms with van der Waals surface area (Å²) in [6.07, 6.45) is 5.33. The summed E-state index contributed by atoms with van der Waals surface area (Å²) in [5, 5.41) is 0. The standard InChI is InChI=1S/C11H14N2O2/c1-2-15-11(14)5-3-4-10-8-9(12)6-7-13-10/h3-4,6-8H,2,5H2,1H3,(H2,12,13). The number of esters is 1. The van der Waals surface area contributed by atoms with Gasteiger partial charge in [0.05, 0.1) is 18.7 Å². The minimum absolute atomic E-state index is 0.238. The molecule has 0 saturated heterocycles. The van der Waals surface area contributed by atoms with Gasteiger partial charge in [-0.25, -0.2) is 0 Å². The van der Waals surface area contributed by atoms with Crippen LogP contribution in [0.4, 0.5) is 5.69 Å². The number of nitrogens with zero attached hydrogens (tertiary/aromatic N) is 1. The van der Waals surface area contributed by atoms with Crippen LogP contribution in [0.15, 0.2) is 24.4 Å². The van der Waals surface area contributed by atoms with E-state index in [0.717, 1.165) is 5.69 Å². The van der Waals surface area contributed by atoms with E-state index in [1.807, 2.05) is 0 Å². The molecule has 0 aliphatic carbocycles. The molecule has 15 heavy (non-hydrogen) atoms. The van der Waals surface area contributed by atoms with Gasteiger partial charge in [0.15, 0.2) is 0 Å². The van der Waals surface area contributed by atoms with Gasteiger partial charge in [-0.05, 0) is 25.1 Å². The molecule has 1 heterocycles. The van der Waals surface area contributed by atoms with Gasteiger partial charge in [-0.3, -0.25) is 9.78 Å². The number of aromatic nitrogens is 1. The van der Waals surface area contributed by atoms with Gasteiger partial charge in [0.1, 0.15) is 0 Å². The molecule has 0 spiro atoms. The maximum Gasteiger partial charge on any atom is 0.309 e. The second-order valence-corrected chi connectivity index (χ2v) is 2.93. The van der Waals surface area contributed by atoms with Crippen LogP contribution in [-0.4, -0.2) is 17.6 Å². The Kier molecular flexibility index (Phi) is 4.34. The lowest BCUT2D eigenvalue weighted by atomic mass is 10.3. The van der Waals surface area contributed by atoms with Crippen LogP contribution in [0.2, 0.25) is 0 Å². The van der Waals surface area contributed by atoms with Crippen molar-refractivity contribution >= 4 is 17.7 Å². The second-order valence-electron chi connectivity index (χ2n) is 2.93. The van der Waals surface area contributed by atoms with Crippen LogP contribution in [0.1, 0.15) is 19.0 Å².